The van der Waals surface area contributed by atoms with E-state index in [1.807, 2.05) is 36.4 Å². The minimum atomic E-state index is -1.10. The first-order valence-corrected chi connectivity index (χ1v) is 12.4. The highest BCUT2D eigenvalue weighted by Crippen LogP contribution is 2.44. The van der Waals surface area contributed by atoms with Crippen molar-refractivity contribution in [3.63, 3.8) is 0 Å². The lowest BCUT2D eigenvalue weighted by Gasteiger charge is -2.34. The van der Waals surface area contributed by atoms with E-state index in [0.29, 0.717) is 13.2 Å². The molecule has 2 aromatic carbocycles. The minimum absolute atomic E-state index is 0.0725. The zero-order valence-electron chi connectivity index (χ0n) is 21.3. The summed E-state index contributed by atoms with van der Waals surface area (Å²) in [6, 6.07) is 14.5. The number of hydrogen-bond acceptors (Lipinski definition) is 8. The van der Waals surface area contributed by atoms with Crippen LogP contribution in [-0.2, 0) is 28.5 Å². The maximum absolute atomic E-state index is 12.7. The molecule has 2 amide bonds. The van der Waals surface area contributed by atoms with E-state index < -0.39 is 30.2 Å². The number of morpholine rings is 1. The molecule has 0 radical (unpaired) electrons. The maximum Gasteiger partial charge on any atom is 0.410 e. The highest BCUT2D eigenvalue weighted by Gasteiger charge is 2.31. The molecule has 1 saturated heterocycles. The number of ether oxygens (including phenoxy) is 5. The predicted octanol–water partition coefficient (Wildman–Crippen LogP) is 3.11. The van der Waals surface area contributed by atoms with Crippen LogP contribution in [-0.4, -0.2) is 88.4 Å². The number of rotatable bonds is 10. The summed E-state index contributed by atoms with van der Waals surface area (Å²) in [5.41, 5.74) is 4.40. The highest BCUT2D eigenvalue weighted by atomic mass is 16.6. The molecule has 202 valence electrons. The fourth-order valence-electron chi connectivity index (χ4n) is 4.66. The number of carbonyl (C=O) groups is 3. The van der Waals surface area contributed by atoms with Crippen molar-refractivity contribution >= 4 is 18.2 Å². The molecule has 0 bridgehead atoms. The van der Waals surface area contributed by atoms with Crippen molar-refractivity contribution in [2.24, 2.45) is 0 Å². The molecule has 10 nitrogen and oxygen atoms in total. The second-order valence-corrected chi connectivity index (χ2v) is 8.87. The van der Waals surface area contributed by atoms with E-state index in [-0.39, 0.29) is 39.0 Å². The molecular formula is C28H32N2O8. The van der Waals surface area contributed by atoms with Gasteiger partial charge in [-0.3, -0.25) is 4.90 Å². The summed E-state index contributed by atoms with van der Waals surface area (Å²) in [5.74, 6) is -0.792. The van der Waals surface area contributed by atoms with Crippen LogP contribution in [0.2, 0.25) is 0 Å². The van der Waals surface area contributed by atoms with Gasteiger partial charge in [0.1, 0.15) is 13.2 Å². The lowest BCUT2D eigenvalue weighted by Crippen LogP contribution is -2.52. The summed E-state index contributed by atoms with van der Waals surface area (Å²) < 4.78 is 26.6. The smallest absolute Gasteiger partial charge is 0.410 e. The van der Waals surface area contributed by atoms with Crippen molar-refractivity contribution in [2.45, 2.75) is 18.0 Å². The van der Waals surface area contributed by atoms with Crippen molar-refractivity contribution < 1.29 is 38.1 Å². The van der Waals surface area contributed by atoms with Gasteiger partial charge >= 0.3 is 18.2 Å². The first kappa shape index (κ1) is 27.2. The van der Waals surface area contributed by atoms with Gasteiger partial charge in [-0.2, -0.15) is 0 Å². The van der Waals surface area contributed by atoms with Crippen LogP contribution >= 0.6 is 0 Å². The van der Waals surface area contributed by atoms with E-state index in [9.17, 15) is 14.4 Å². The molecule has 2 aliphatic rings. The quantitative estimate of drug-likeness (QED) is 0.287. The monoisotopic (exact) mass is 524 g/mol. The van der Waals surface area contributed by atoms with Crippen LogP contribution in [0.1, 0.15) is 17.0 Å². The molecule has 1 heterocycles. The Kier molecular flexibility index (Phi) is 9.34. The number of carbonyl (C=O) groups excluding carboxylic acids is 3. The number of nitrogens with one attached hydrogen (secondary N) is 1. The Morgan fingerprint density at radius 1 is 1.08 bits per heavy atom. The third-order valence-electron chi connectivity index (χ3n) is 6.50. The van der Waals surface area contributed by atoms with Crippen molar-refractivity contribution in [1.29, 1.82) is 0 Å². The summed E-state index contributed by atoms with van der Waals surface area (Å²) in [6.45, 7) is 4.62. The first-order valence-electron chi connectivity index (χ1n) is 12.4. The summed E-state index contributed by atoms with van der Waals surface area (Å²) in [5, 5.41) is 2.53. The molecule has 2 aromatic rings. The average molecular weight is 525 g/mol. The van der Waals surface area contributed by atoms with Crippen LogP contribution in [0, 0.1) is 0 Å². The number of esters is 1. The zero-order chi connectivity index (χ0) is 26.9. The molecule has 0 aromatic heterocycles. The molecule has 2 atom stereocenters. The second-order valence-electron chi connectivity index (χ2n) is 8.87. The summed E-state index contributed by atoms with van der Waals surface area (Å²) in [6.07, 6.45) is 0.226. The Hall–Kier alpha value is -3.89. The van der Waals surface area contributed by atoms with E-state index in [0.717, 1.165) is 22.3 Å². The Balaban J connectivity index is 1.31. The van der Waals surface area contributed by atoms with Crippen molar-refractivity contribution in [1.82, 2.24) is 10.2 Å². The number of nitrogens with zero attached hydrogens (tertiary/aromatic N) is 1. The van der Waals surface area contributed by atoms with E-state index in [1.165, 1.54) is 18.1 Å². The normalized spacial score (nSPS) is 17.1. The fourth-order valence-corrected chi connectivity index (χ4v) is 4.66. The van der Waals surface area contributed by atoms with Gasteiger partial charge in [-0.1, -0.05) is 61.2 Å². The van der Waals surface area contributed by atoms with Gasteiger partial charge in [0, 0.05) is 12.5 Å². The van der Waals surface area contributed by atoms with E-state index >= 15 is 0 Å². The minimum Gasteiger partial charge on any atom is -0.467 e. The van der Waals surface area contributed by atoms with Crippen LogP contribution in [0.4, 0.5) is 9.59 Å². The van der Waals surface area contributed by atoms with Gasteiger partial charge in [0.15, 0.2) is 6.04 Å². The SMILES string of the molecule is C=CCOC(=O)N1CCOC[C@H]1COCC(NC(=O)OCC1c2ccccc2-c2ccccc21)C(=O)OC. The van der Waals surface area contributed by atoms with Gasteiger partial charge in [0.2, 0.25) is 0 Å². The number of alkyl carbamates (subject to hydrolysis) is 1. The highest BCUT2D eigenvalue weighted by molar-refractivity contribution is 5.82. The van der Waals surface area contributed by atoms with Crippen molar-refractivity contribution in [3.8, 4) is 11.1 Å². The molecule has 10 heteroatoms. The number of amides is 2. The lowest BCUT2D eigenvalue weighted by atomic mass is 9.98. The van der Waals surface area contributed by atoms with Gasteiger partial charge in [0.05, 0.1) is 39.6 Å². The van der Waals surface area contributed by atoms with Crippen LogP contribution in [0.5, 0.6) is 0 Å². The molecule has 38 heavy (non-hydrogen) atoms. The van der Waals surface area contributed by atoms with Crippen LogP contribution in [0.25, 0.3) is 11.1 Å². The largest absolute Gasteiger partial charge is 0.467 e. The topological polar surface area (TPSA) is 113 Å². The van der Waals surface area contributed by atoms with Crippen molar-refractivity contribution in [3.05, 3.63) is 72.3 Å². The fraction of sp³-hybridized carbons (Fsp3) is 0.393. The Bertz CT molecular complexity index is 1110. The molecule has 1 N–H and O–H groups in total. The number of hydrogen-bond donors (Lipinski definition) is 1. The third kappa shape index (κ3) is 6.32. The van der Waals surface area contributed by atoms with Crippen LogP contribution in [0.15, 0.2) is 61.2 Å². The second kappa shape index (κ2) is 13.1. The van der Waals surface area contributed by atoms with Gasteiger partial charge < -0.3 is 29.0 Å². The average Bonchev–Trinajstić information content (AvgIpc) is 3.27. The molecule has 4 rings (SSSR count). The standard InChI is InChI=1S/C28H32N2O8/c1-3-13-37-28(33)30-12-14-35-15-19(30)16-36-18-25(26(31)34-2)29-27(32)38-17-24-22-10-6-4-8-20(22)21-9-5-7-11-23(21)24/h3-11,19,24-25H,1,12-18H2,2H3,(H,29,32)/t19-,25?/m0/s1. The molecule has 1 unspecified atom stereocenters. The first-order chi connectivity index (χ1) is 18.5. The lowest BCUT2D eigenvalue weighted by molar-refractivity contribution is -0.145. The molecule has 0 spiro atoms. The summed E-state index contributed by atoms with van der Waals surface area (Å²) in [7, 11) is 1.22. The van der Waals surface area contributed by atoms with Crippen molar-refractivity contribution in [2.75, 3.05) is 53.3 Å². The Morgan fingerprint density at radius 3 is 2.42 bits per heavy atom. The van der Waals surface area contributed by atoms with E-state index in [1.54, 1.807) is 0 Å². The van der Waals surface area contributed by atoms with Gasteiger partial charge in [-0.15, -0.1) is 0 Å². The predicted molar refractivity (Wildman–Crippen MR) is 138 cm³/mol. The molecule has 1 aliphatic carbocycles. The van der Waals surface area contributed by atoms with Gasteiger partial charge in [-0.05, 0) is 22.3 Å². The summed E-state index contributed by atoms with van der Waals surface area (Å²) in [4.78, 5) is 38.8. The molecule has 0 saturated carbocycles. The van der Waals surface area contributed by atoms with Gasteiger partial charge in [-0.25, -0.2) is 14.4 Å². The van der Waals surface area contributed by atoms with Gasteiger partial charge in [0.25, 0.3) is 0 Å². The van der Waals surface area contributed by atoms with Crippen LogP contribution in [0.3, 0.4) is 0 Å². The zero-order valence-corrected chi connectivity index (χ0v) is 21.3. The van der Waals surface area contributed by atoms with E-state index in [4.69, 9.17) is 23.7 Å². The molecular weight excluding hydrogens is 492 g/mol. The van der Waals surface area contributed by atoms with Crippen LogP contribution < -0.4 is 5.32 Å². The third-order valence-corrected chi connectivity index (χ3v) is 6.50. The summed E-state index contributed by atoms with van der Waals surface area (Å²) >= 11 is 0. The number of methoxy groups -OCH3 is 1. The van der Waals surface area contributed by atoms with E-state index in [2.05, 4.69) is 24.0 Å². The Labute approximate surface area is 221 Å². The number of fused-ring (bicyclic) bond motifs is 3. The molecule has 1 fully saturated rings. The maximum atomic E-state index is 12.7. The Morgan fingerprint density at radius 2 is 1.76 bits per heavy atom. The number of benzene rings is 2. The molecule has 1 aliphatic heterocycles.